The lowest BCUT2D eigenvalue weighted by molar-refractivity contribution is -0.118. The molecule has 0 spiro atoms. The number of carbonyl (C=O) groups is 2. The maximum atomic E-state index is 13.6. The average molecular weight is 467 g/mol. The number of rotatable bonds is 7. The molecule has 176 valence electrons. The molecule has 1 aromatic heterocycles. The van der Waals surface area contributed by atoms with Crippen LogP contribution in [0.5, 0.6) is 5.75 Å². The molecule has 3 aromatic carbocycles. The Morgan fingerprint density at radius 3 is 2.37 bits per heavy atom. The van der Waals surface area contributed by atoms with Crippen molar-refractivity contribution in [1.82, 2.24) is 4.57 Å². The Balaban J connectivity index is 1.60. The van der Waals surface area contributed by atoms with Gasteiger partial charge in [0.15, 0.2) is 11.5 Å². The van der Waals surface area contributed by atoms with E-state index in [-0.39, 0.29) is 17.8 Å². The second kappa shape index (κ2) is 9.14. The molecule has 1 aliphatic rings. The molecule has 0 saturated heterocycles. The van der Waals surface area contributed by atoms with Crippen LogP contribution in [0.4, 0.5) is 5.69 Å². The molecule has 0 bridgehead atoms. The van der Waals surface area contributed by atoms with E-state index in [9.17, 15) is 14.7 Å². The molecule has 4 aromatic rings. The number of ether oxygens (including phenoxy) is 1. The number of nitrogens with zero attached hydrogens (tertiary/aromatic N) is 2. The van der Waals surface area contributed by atoms with Gasteiger partial charge in [-0.15, -0.1) is 0 Å². The highest BCUT2D eigenvalue weighted by Gasteiger charge is 2.45. The summed E-state index contributed by atoms with van der Waals surface area (Å²) in [5.41, 5.74) is 3.51. The molecule has 1 amide bonds. The van der Waals surface area contributed by atoms with Crippen molar-refractivity contribution in [1.29, 1.82) is 0 Å². The second-order valence-electron chi connectivity index (χ2n) is 8.66. The topological polar surface area (TPSA) is 71.8 Å². The molecule has 0 fully saturated rings. The largest absolute Gasteiger partial charge is 0.503 e. The number of aryl methyl sites for hydroxylation is 2. The van der Waals surface area contributed by atoms with Gasteiger partial charge in [0.05, 0.1) is 18.7 Å². The van der Waals surface area contributed by atoms with Gasteiger partial charge in [0.2, 0.25) is 0 Å². The van der Waals surface area contributed by atoms with E-state index in [1.807, 2.05) is 72.4 Å². The van der Waals surface area contributed by atoms with Crippen molar-refractivity contribution in [2.45, 2.75) is 18.9 Å². The molecule has 0 aliphatic carbocycles. The van der Waals surface area contributed by atoms with E-state index >= 15 is 0 Å². The van der Waals surface area contributed by atoms with E-state index in [0.717, 1.165) is 22.0 Å². The lowest BCUT2D eigenvalue weighted by Crippen LogP contribution is -2.31. The summed E-state index contributed by atoms with van der Waals surface area (Å²) in [6.07, 6.45) is 2.64. The van der Waals surface area contributed by atoms with Crippen molar-refractivity contribution in [2.24, 2.45) is 7.05 Å². The summed E-state index contributed by atoms with van der Waals surface area (Å²) in [6.45, 7) is 0. The molecule has 1 atom stereocenters. The van der Waals surface area contributed by atoms with Crippen molar-refractivity contribution in [3.05, 3.63) is 108 Å². The number of methoxy groups -OCH3 is 1. The minimum absolute atomic E-state index is 0.137. The Kier molecular flexibility index (Phi) is 5.87. The monoisotopic (exact) mass is 466 g/mol. The number of aliphatic hydroxyl groups is 1. The number of Topliss-reactive ketones (excluding diaryl/α,β-unsaturated/α-hetero) is 1. The molecule has 5 rings (SSSR count). The molecule has 1 unspecified atom stereocenters. The molecule has 6 nitrogen and oxygen atoms in total. The summed E-state index contributed by atoms with van der Waals surface area (Å²) in [4.78, 5) is 28.5. The quantitative estimate of drug-likeness (QED) is 0.402. The lowest BCUT2D eigenvalue weighted by atomic mass is 9.92. The first-order valence-electron chi connectivity index (χ1n) is 11.5. The van der Waals surface area contributed by atoms with Crippen molar-refractivity contribution in [2.75, 3.05) is 12.0 Å². The lowest BCUT2D eigenvalue weighted by Gasteiger charge is -2.26. The van der Waals surface area contributed by atoms with E-state index in [0.29, 0.717) is 17.9 Å². The third kappa shape index (κ3) is 3.97. The maximum absolute atomic E-state index is 13.6. The SMILES string of the molecule is COc1ccc(N2C(=O)C(O)=C(C(=O)CCc3ccccc3)C2c2cn(C)c3ccccc23)cc1. The fourth-order valence-electron chi connectivity index (χ4n) is 4.82. The first kappa shape index (κ1) is 22.5. The van der Waals surface area contributed by atoms with Crippen LogP contribution in [0.2, 0.25) is 0 Å². The number of hydrogen-bond acceptors (Lipinski definition) is 4. The number of fused-ring (bicyclic) bond motifs is 1. The number of aliphatic hydroxyl groups excluding tert-OH is 1. The highest BCUT2D eigenvalue weighted by molar-refractivity contribution is 6.17. The number of carbonyl (C=O) groups excluding carboxylic acids is 2. The Bertz CT molecular complexity index is 1430. The fourth-order valence-corrected chi connectivity index (χ4v) is 4.82. The Hall–Kier alpha value is -4.32. The number of amides is 1. The molecule has 1 N–H and O–H groups in total. The molecule has 2 heterocycles. The van der Waals surface area contributed by atoms with Crippen LogP contribution in [-0.4, -0.2) is 28.5 Å². The van der Waals surface area contributed by atoms with Crippen LogP contribution in [0.25, 0.3) is 10.9 Å². The number of para-hydroxylation sites is 1. The smallest absolute Gasteiger partial charge is 0.294 e. The van der Waals surface area contributed by atoms with E-state index in [4.69, 9.17) is 4.74 Å². The number of benzene rings is 3. The van der Waals surface area contributed by atoms with Crippen LogP contribution >= 0.6 is 0 Å². The molecular formula is C29H26N2O4. The zero-order chi connectivity index (χ0) is 24.5. The highest BCUT2D eigenvalue weighted by Crippen LogP contribution is 2.44. The summed E-state index contributed by atoms with van der Waals surface area (Å²) < 4.78 is 7.24. The Labute approximate surface area is 203 Å². The summed E-state index contributed by atoms with van der Waals surface area (Å²) in [5.74, 6) is -0.667. The zero-order valence-corrected chi connectivity index (χ0v) is 19.6. The summed E-state index contributed by atoms with van der Waals surface area (Å²) in [7, 11) is 3.51. The van der Waals surface area contributed by atoms with Crippen molar-refractivity contribution < 1.29 is 19.4 Å². The number of anilines is 1. The summed E-state index contributed by atoms with van der Waals surface area (Å²) >= 11 is 0. The number of hydrogen-bond donors (Lipinski definition) is 1. The van der Waals surface area contributed by atoms with Crippen LogP contribution in [-0.2, 0) is 23.1 Å². The first-order valence-corrected chi connectivity index (χ1v) is 11.5. The average Bonchev–Trinajstić information content (AvgIpc) is 3.36. The van der Waals surface area contributed by atoms with Gasteiger partial charge in [-0.3, -0.25) is 14.5 Å². The van der Waals surface area contributed by atoms with E-state index in [1.165, 1.54) is 4.90 Å². The van der Waals surface area contributed by atoms with Crippen LogP contribution < -0.4 is 9.64 Å². The maximum Gasteiger partial charge on any atom is 0.294 e. The number of aromatic nitrogens is 1. The Morgan fingerprint density at radius 2 is 1.66 bits per heavy atom. The second-order valence-corrected chi connectivity index (χ2v) is 8.66. The zero-order valence-electron chi connectivity index (χ0n) is 19.6. The van der Waals surface area contributed by atoms with Gasteiger partial charge in [0, 0.05) is 41.8 Å². The van der Waals surface area contributed by atoms with Crippen LogP contribution in [0, 0.1) is 0 Å². The number of ketones is 1. The predicted octanol–water partition coefficient (Wildman–Crippen LogP) is 5.29. The molecule has 1 aliphatic heterocycles. The molecule has 6 heteroatoms. The minimum atomic E-state index is -0.745. The first-order chi connectivity index (χ1) is 17.0. The predicted molar refractivity (Wildman–Crippen MR) is 136 cm³/mol. The Morgan fingerprint density at radius 1 is 0.971 bits per heavy atom. The normalized spacial score (nSPS) is 15.8. The van der Waals surface area contributed by atoms with Gasteiger partial charge in [-0.05, 0) is 42.3 Å². The minimum Gasteiger partial charge on any atom is -0.503 e. The van der Waals surface area contributed by atoms with E-state index < -0.39 is 17.7 Å². The van der Waals surface area contributed by atoms with Crippen LogP contribution in [0.3, 0.4) is 0 Å². The van der Waals surface area contributed by atoms with Gasteiger partial charge < -0.3 is 14.4 Å². The summed E-state index contributed by atoms with van der Waals surface area (Å²) in [6, 6.07) is 23.9. The highest BCUT2D eigenvalue weighted by atomic mass is 16.5. The van der Waals surface area contributed by atoms with Crippen molar-refractivity contribution in [3.8, 4) is 5.75 Å². The van der Waals surface area contributed by atoms with Gasteiger partial charge >= 0.3 is 0 Å². The van der Waals surface area contributed by atoms with Gasteiger partial charge in [0.25, 0.3) is 5.91 Å². The van der Waals surface area contributed by atoms with Gasteiger partial charge in [0.1, 0.15) is 5.75 Å². The molecule has 0 saturated carbocycles. The van der Waals surface area contributed by atoms with Crippen LogP contribution in [0.1, 0.15) is 23.6 Å². The standard InChI is InChI=1S/C29H26N2O4/c1-30-18-23(22-10-6-7-11-24(22)30)27-26(25(32)17-12-19-8-4-3-5-9-19)28(33)29(34)31(27)20-13-15-21(35-2)16-14-20/h3-11,13-16,18,27,33H,12,17H2,1-2H3. The van der Waals surface area contributed by atoms with E-state index in [2.05, 4.69) is 0 Å². The van der Waals surface area contributed by atoms with Crippen molar-refractivity contribution in [3.63, 3.8) is 0 Å². The molecule has 35 heavy (non-hydrogen) atoms. The van der Waals surface area contributed by atoms with Gasteiger partial charge in [-0.25, -0.2) is 0 Å². The van der Waals surface area contributed by atoms with Crippen molar-refractivity contribution >= 4 is 28.3 Å². The summed E-state index contributed by atoms with van der Waals surface area (Å²) in [5, 5.41) is 11.9. The molecular weight excluding hydrogens is 440 g/mol. The third-order valence-corrected chi connectivity index (χ3v) is 6.57. The van der Waals surface area contributed by atoms with Gasteiger partial charge in [-0.1, -0.05) is 48.5 Å². The van der Waals surface area contributed by atoms with E-state index in [1.54, 1.807) is 31.4 Å². The fraction of sp³-hybridized carbons (Fsp3) is 0.172. The van der Waals surface area contributed by atoms with Gasteiger partial charge in [-0.2, -0.15) is 0 Å². The third-order valence-electron chi connectivity index (χ3n) is 6.57. The molecule has 0 radical (unpaired) electrons. The van der Waals surface area contributed by atoms with Crippen LogP contribution in [0.15, 0.2) is 96.4 Å².